The second-order valence-corrected chi connectivity index (χ2v) is 4.75. The van der Waals surface area contributed by atoms with E-state index < -0.39 is 0 Å². The maximum absolute atomic E-state index is 8.85. The summed E-state index contributed by atoms with van der Waals surface area (Å²) in [5.41, 5.74) is 1.84. The van der Waals surface area contributed by atoms with Crippen molar-refractivity contribution in [1.29, 1.82) is 5.26 Å². The van der Waals surface area contributed by atoms with Crippen molar-refractivity contribution >= 4 is 15.9 Å². The molecule has 1 aromatic carbocycles. The third-order valence-electron chi connectivity index (χ3n) is 2.88. The molecule has 1 aliphatic carbocycles. The van der Waals surface area contributed by atoms with Crippen LogP contribution in [0.2, 0.25) is 0 Å². The molecule has 15 heavy (non-hydrogen) atoms. The summed E-state index contributed by atoms with van der Waals surface area (Å²) in [5, 5.41) is 8.85. The topological polar surface area (TPSA) is 59.0 Å². The summed E-state index contributed by atoms with van der Waals surface area (Å²) < 4.78 is 1.02. The van der Waals surface area contributed by atoms with E-state index in [-0.39, 0.29) is 5.41 Å². The molecule has 1 aliphatic rings. The molecule has 0 aliphatic heterocycles. The molecular formula is C11H11BrN2O. The highest BCUT2D eigenvalue weighted by Gasteiger charge is 2.45. The van der Waals surface area contributed by atoms with Gasteiger partial charge >= 0.3 is 0 Å². The SMILES string of the molecule is N#Cc1ccc(Br)c(C2(CON)CC2)c1. The minimum atomic E-state index is 0.0282. The highest BCUT2D eigenvalue weighted by atomic mass is 79.9. The Labute approximate surface area is 96.9 Å². The third kappa shape index (κ3) is 1.91. The molecule has 1 fully saturated rings. The Morgan fingerprint density at radius 1 is 1.53 bits per heavy atom. The average molecular weight is 267 g/mol. The largest absolute Gasteiger partial charge is 0.304 e. The Kier molecular flexibility index (Phi) is 2.79. The molecule has 2 rings (SSSR count). The molecule has 0 spiro atoms. The lowest BCUT2D eigenvalue weighted by Crippen LogP contribution is -2.18. The van der Waals surface area contributed by atoms with Gasteiger partial charge in [-0.15, -0.1) is 0 Å². The van der Waals surface area contributed by atoms with Crippen molar-refractivity contribution in [2.75, 3.05) is 6.61 Å². The molecule has 0 unspecified atom stereocenters. The van der Waals surface area contributed by atoms with Gasteiger partial charge in [0.05, 0.1) is 18.2 Å². The van der Waals surface area contributed by atoms with Crippen LogP contribution in [0, 0.1) is 11.3 Å². The number of nitrogens with two attached hydrogens (primary N) is 1. The van der Waals surface area contributed by atoms with Crippen molar-refractivity contribution in [3.05, 3.63) is 33.8 Å². The molecule has 4 heteroatoms. The minimum Gasteiger partial charge on any atom is -0.304 e. The van der Waals surface area contributed by atoms with E-state index in [4.69, 9.17) is 16.0 Å². The highest BCUT2D eigenvalue weighted by molar-refractivity contribution is 9.10. The first-order valence-electron chi connectivity index (χ1n) is 4.74. The highest BCUT2D eigenvalue weighted by Crippen LogP contribution is 2.50. The zero-order valence-corrected chi connectivity index (χ0v) is 9.75. The minimum absolute atomic E-state index is 0.0282. The summed E-state index contributed by atoms with van der Waals surface area (Å²) >= 11 is 3.50. The molecule has 0 aromatic heterocycles. The van der Waals surface area contributed by atoms with Crippen LogP contribution in [-0.2, 0) is 10.3 Å². The van der Waals surface area contributed by atoms with Gasteiger partial charge in [0.2, 0.25) is 0 Å². The summed E-state index contributed by atoms with van der Waals surface area (Å²) in [6, 6.07) is 7.76. The standard InChI is InChI=1S/C11H11BrN2O/c12-10-2-1-8(6-13)5-9(10)11(3-4-11)7-15-14/h1-2,5H,3-4,7,14H2. The van der Waals surface area contributed by atoms with Gasteiger partial charge in [-0.05, 0) is 36.6 Å². The van der Waals surface area contributed by atoms with E-state index >= 15 is 0 Å². The smallest absolute Gasteiger partial charge is 0.0991 e. The first-order valence-corrected chi connectivity index (χ1v) is 5.53. The lowest BCUT2D eigenvalue weighted by Gasteiger charge is -2.15. The van der Waals surface area contributed by atoms with Crippen molar-refractivity contribution in [2.24, 2.45) is 5.90 Å². The molecule has 0 bridgehead atoms. The molecule has 2 N–H and O–H groups in total. The maximum atomic E-state index is 8.85. The average Bonchev–Trinajstić information content (AvgIpc) is 3.00. The Morgan fingerprint density at radius 2 is 2.27 bits per heavy atom. The first kappa shape index (κ1) is 10.6. The van der Waals surface area contributed by atoms with E-state index in [0.717, 1.165) is 22.9 Å². The van der Waals surface area contributed by atoms with Crippen LogP contribution in [-0.4, -0.2) is 6.61 Å². The van der Waals surface area contributed by atoms with E-state index in [9.17, 15) is 0 Å². The van der Waals surface area contributed by atoms with Crippen LogP contribution in [0.25, 0.3) is 0 Å². The van der Waals surface area contributed by atoms with Gasteiger partial charge in [-0.1, -0.05) is 15.9 Å². The zero-order valence-electron chi connectivity index (χ0n) is 8.16. The van der Waals surface area contributed by atoms with Gasteiger partial charge < -0.3 is 4.84 Å². The van der Waals surface area contributed by atoms with Crippen molar-refractivity contribution in [2.45, 2.75) is 18.3 Å². The number of halogens is 1. The number of rotatable bonds is 3. The van der Waals surface area contributed by atoms with Gasteiger partial charge in [-0.25, -0.2) is 5.90 Å². The summed E-state index contributed by atoms with van der Waals surface area (Å²) in [6.07, 6.45) is 2.13. The van der Waals surface area contributed by atoms with Crippen LogP contribution < -0.4 is 5.90 Å². The van der Waals surface area contributed by atoms with Crippen molar-refractivity contribution in [3.8, 4) is 6.07 Å². The van der Waals surface area contributed by atoms with Crippen LogP contribution in [0.3, 0.4) is 0 Å². The van der Waals surface area contributed by atoms with Gasteiger partial charge in [0.25, 0.3) is 0 Å². The molecule has 1 aromatic rings. The summed E-state index contributed by atoms with van der Waals surface area (Å²) in [4.78, 5) is 4.75. The Hall–Kier alpha value is -0.890. The Balaban J connectivity index is 2.39. The number of nitrogens with zero attached hydrogens (tertiary/aromatic N) is 1. The van der Waals surface area contributed by atoms with Gasteiger partial charge in [0.15, 0.2) is 0 Å². The van der Waals surface area contributed by atoms with E-state index in [1.807, 2.05) is 12.1 Å². The Morgan fingerprint density at radius 3 is 2.80 bits per heavy atom. The van der Waals surface area contributed by atoms with Crippen LogP contribution in [0.4, 0.5) is 0 Å². The second kappa shape index (κ2) is 3.93. The molecule has 78 valence electrons. The van der Waals surface area contributed by atoms with Crippen molar-refractivity contribution in [3.63, 3.8) is 0 Å². The first-order chi connectivity index (χ1) is 7.22. The van der Waals surface area contributed by atoms with E-state index in [1.165, 1.54) is 0 Å². The van der Waals surface area contributed by atoms with Gasteiger partial charge in [0.1, 0.15) is 0 Å². The molecule has 0 amide bonds. The number of benzene rings is 1. The monoisotopic (exact) mass is 266 g/mol. The zero-order chi connectivity index (χ0) is 10.9. The summed E-state index contributed by atoms with van der Waals surface area (Å²) in [5.74, 6) is 5.13. The van der Waals surface area contributed by atoms with Crippen molar-refractivity contribution in [1.82, 2.24) is 0 Å². The van der Waals surface area contributed by atoms with Gasteiger partial charge in [-0.3, -0.25) is 0 Å². The molecular weight excluding hydrogens is 256 g/mol. The van der Waals surface area contributed by atoms with E-state index in [1.54, 1.807) is 6.07 Å². The van der Waals surface area contributed by atoms with Crippen LogP contribution >= 0.6 is 15.9 Å². The number of hydrogen-bond acceptors (Lipinski definition) is 3. The fourth-order valence-corrected chi connectivity index (χ4v) is 2.47. The summed E-state index contributed by atoms with van der Waals surface area (Å²) in [6.45, 7) is 0.514. The normalized spacial score (nSPS) is 17.1. The van der Waals surface area contributed by atoms with Gasteiger partial charge in [0, 0.05) is 9.89 Å². The molecule has 0 radical (unpaired) electrons. The fourth-order valence-electron chi connectivity index (χ4n) is 1.80. The maximum Gasteiger partial charge on any atom is 0.0991 e. The quantitative estimate of drug-likeness (QED) is 0.854. The predicted octanol–water partition coefficient (Wildman–Crippen LogP) is 2.24. The summed E-state index contributed by atoms with van der Waals surface area (Å²) in [7, 11) is 0. The molecule has 0 atom stereocenters. The van der Waals surface area contributed by atoms with Crippen LogP contribution in [0.5, 0.6) is 0 Å². The van der Waals surface area contributed by atoms with Crippen LogP contribution in [0.15, 0.2) is 22.7 Å². The molecule has 0 saturated heterocycles. The lowest BCUT2D eigenvalue weighted by atomic mass is 9.95. The molecule has 3 nitrogen and oxygen atoms in total. The number of nitriles is 1. The fraction of sp³-hybridized carbons (Fsp3) is 0.364. The van der Waals surface area contributed by atoms with E-state index in [0.29, 0.717) is 12.2 Å². The molecule has 1 saturated carbocycles. The lowest BCUT2D eigenvalue weighted by molar-refractivity contribution is 0.116. The third-order valence-corrected chi connectivity index (χ3v) is 3.57. The predicted molar refractivity (Wildman–Crippen MR) is 59.9 cm³/mol. The van der Waals surface area contributed by atoms with Crippen LogP contribution in [0.1, 0.15) is 24.0 Å². The second-order valence-electron chi connectivity index (χ2n) is 3.90. The number of hydrogen-bond donors (Lipinski definition) is 1. The van der Waals surface area contributed by atoms with Crippen molar-refractivity contribution < 1.29 is 4.84 Å². The Bertz CT molecular complexity index is 421. The van der Waals surface area contributed by atoms with Gasteiger partial charge in [-0.2, -0.15) is 5.26 Å². The van der Waals surface area contributed by atoms with E-state index in [2.05, 4.69) is 22.0 Å². The molecule has 0 heterocycles.